The van der Waals surface area contributed by atoms with Gasteiger partial charge in [-0.25, -0.2) is 8.42 Å². The molecule has 0 radical (unpaired) electrons. The van der Waals surface area contributed by atoms with Gasteiger partial charge >= 0.3 is 0 Å². The van der Waals surface area contributed by atoms with E-state index in [1.54, 1.807) is 21.6 Å². The highest BCUT2D eigenvalue weighted by Crippen LogP contribution is 2.37. The van der Waals surface area contributed by atoms with Crippen LogP contribution in [-0.2, 0) is 10.0 Å². The van der Waals surface area contributed by atoms with Gasteiger partial charge in [-0.05, 0) is 31.9 Å². The Labute approximate surface area is 147 Å². The van der Waals surface area contributed by atoms with Gasteiger partial charge in [-0.3, -0.25) is 0 Å². The van der Waals surface area contributed by atoms with E-state index >= 15 is 0 Å². The summed E-state index contributed by atoms with van der Waals surface area (Å²) in [7, 11) is -4.85. The van der Waals surface area contributed by atoms with E-state index in [0.29, 0.717) is 18.0 Å². The zero-order chi connectivity index (χ0) is 17.5. The molecule has 2 aliphatic rings. The standard InChI is InChI=1S/C19H27NO2SSi/c1-15-9-11-17(12-10-15)23(21,22)20-13-16-7-5-6-8-19(18(16)14-20)24(2,3)4/h5,7,9-12,16H,6,8,13-14H2,1-4H3. The summed E-state index contributed by atoms with van der Waals surface area (Å²) in [5, 5.41) is 1.57. The highest BCUT2D eigenvalue weighted by atomic mass is 32.2. The molecule has 24 heavy (non-hydrogen) atoms. The molecule has 3 nitrogen and oxygen atoms in total. The molecule has 0 amide bonds. The van der Waals surface area contributed by atoms with Crippen molar-refractivity contribution in [1.82, 2.24) is 4.31 Å². The predicted molar refractivity (Wildman–Crippen MR) is 102 cm³/mol. The number of sulfonamides is 1. The van der Waals surface area contributed by atoms with Gasteiger partial charge in [-0.2, -0.15) is 4.31 Å². The summed E-state index contributed by atoms with van der Waals surface area (Å²) in [5.41, 5.74) is 2.45. The van der Waals surface area contributed by atoms with Gasteiger partial charge in [0.15, 0.2) is 0 Å². The molecule has 1 aliphatic carbocycles. The normalized spacial score (nSPS) is 22.6. The molecule has 1 atom stereocenters. The van der Waals surface area contributed by atoms with Crippen molar-refractivity contribution in [3.63, 3.8) is 0 Å². The Hall–Kier alpha value is -1.17. The summed E-state index contributed by atoms with van der Waals surface area (Å²) >= 11 is 0. The molecule has 1 saturated heterocycles. The van der Waals surface area contributed by atoms with Gasteiger partial charge in [-0.15, -0.1) is 0 Å². The molecular weight excluding hydrogens is 334 g/mol. The summed E-state index contributed by atoms with van der Waals surface area (Å²) in [6.45, 7) is 10.2. The first-order valence-corrected chi connectivity index (χ1v) is 13.6. The molecule has 0 N–H and O–H groups in total. The molecule has 1 aromatic rings. The fourth-order valence-electron chi connectivity index (χ4n) is 3.75. The molecule has 1 fully saturated rings. The summed E-state index contributed by atoms with van der Waals surface area (Å²) < 4.78 is 27.7. The first kappa shape index (κ1) is 17.6. The van der Waals surface area contributed by atoms with Crippen LogP contribution >= 0.6 is 0 Å². The molecule has 130 valence electrons. The number of rotatable bonds is 3. The van der Waals surface area contributed by atoms with E-state index in [-0.39, 0.29) is 5.92 Å². The molecule has 1 heterocycles. The number of hydrogen-bond acceptors (Lipinski definition) is 2. The van der Waals surface area contributed by atoms with Crippen LogP contribution in [0.4, 0.5) is 0 Å². The lowest BCUT2D eigenvalue weighted by atomic mass is 10.0. The fourth-order valence-corrected chi connectivity index (χ4v) is 7.31. The van der Waals surface area contributed by atoms with Crippen molar-refractivity contribution in [3.8, 4) is 0 Å². The molecule has 1 unspecified atom stereocenters. The maximum atomic E-state index is 13.0. The van der Waals surface area contributed by atoms with Crippen molar-refractivity contribution in [2.75, 3.05) is 13.1 Å². The van der Waals surface area contributed by atoms with Crippen LogP contribution < -0.4 is 0 Å². The molecule has 3 rings (SSSR count). The van der Waals surface area contributed by atoms with Gasteiger partial charge in [0, 0.05) is 19.0 Å². The minimum atomic E-state index is -3.41. The number of nitrogens with zero attached hydrogens (tertiary/aromatic N) is 1. The molecule has 0 aromatic heterocycles. The van der Waals surface area contributed by atoms with E-state index in [0.717, 1.165) is 18.4 Å². The third-order valence-electron chi connectivity index (χ3n) is 5.08. The van der Waals surface area contributed by atoms with Crippen LogP contribution in [0.2, 0.25) is 19.6 Å². The quantitative estimate of drug-likeness (QED) is 0.599. The Morgan fingerprint density at radius 3 is 2.42 bits per heavy atom. The van der Waals surface area contributed by atoms with Crippen molar-refractivity contribution in [2.45, 2.75) is 44.3 Å². The van der Waals surface area contributed by atoms with Crippen molar-refractivity contribution in [1.29, 1.82) is 0 Å². The van der Waals surface area contributed by atoms with Gasteiger partial charge in [0.1, 0.15) is 0 Å². The number of allylic oxidation sites excluding steroid dienone is 2. The highest BCUT2D eigenvalue weighted by Gasteiger charge is 2.38. The average molecular weight is 362 g/mol. The van der Waals surface area contributed by atoms with E-state index in [4.69, 9.17) is 0 Å². The monoisotopic (exact) mass is 361 g/mol. The van der Waals surface area contributed by atoms with Gasteiger partial charge in [0.05, 0.1) is 13.0 Å². The second-order valence-electron chi connectivity index (χ2n) is 7.94. The second kappa shape index (κ2) is 6.28. The van der Waals surface area contributed by atoms with E-state index in [9.17, 15) is 8.42 Å². The molecule has 0 spiro atoms. The Kier molecular flexibility index (Phi) is 4.62. The largest absolute Gasteiger partial charge is 0.243 e. The zero-order valence-corrected chi connectivity index (χ0v) is 16.9. The van der Waals surface area contributed by atoms with Crippen LogP contribution in [0, 0.1) is 12.8 Å². The van der Waals surface area contributed by atoms with Crippen LogP contribution in [0.15, 0.2) is 52.1 Å². The van der Waals surface area contributed by atoms with Crippen molar-refractivity contribution in [3.05, 3.63) is 52.8 Å². The molecular formula is C19H27NO2SSi. The number of benzene rings is 1. The van der Waals surface area contributed by atoms with E-state index in [1.165, 1.54) is 5.57 Å². The predicted octanol–water partition coefficient (Wildman–Crippen LogP) is 4.14. The minimum absolute atomic E-state index is 0.259. The Morgan fingerprint density at radius 2 is 1.79 bits per heavy atom. The van der Waals surface area contributed by atoms with Crippen LogP contribution in [0.3, 0.4) is 0 Å². The smallest absolute Gasteiger partial charge is 0.207 e. The molecule has 1 aliphatic heterocycles. The van der Waals surface area contributed by atoms with Crippen LogP contribution in [0.1, 0.15) is 18.4 Å². The van der Waals surface area contributed by atoms with E-state index in [1.807, 2.05) is 19.1 Å². The van der Waals surface area contributed by atoms with Crippen LogP contribution in [-0.4, -0.2) is 33.9 Å². The summed E-state index contributed by atoms with van der Waals surface area (Å²) in [4.78, 5) is 0.406. The van der Waals surface area contributed by atoms with Crippen molar-refractivity contribution < 1.29 is 8.42 Å². The van der Waals surface area contributed by atoms with E-state index in [2.05, 4.69) is 31.8 Å². The van der Waals surface area contributed by atoms with Crippen molar-refractivity contribution in [2.24, 2.45) is 5.92 Å². The highest BCUT2D eigenvalue weighted by molar-refractivity contribution is 7.89. The third-order valence-corrected chi connectivity index (χ3v) is 9.28. The van der Waals surface area contributed by atoms with Gasteiger partial charge < -0.3 is 0 Å². The minimum Gasteiger partial charge on any atom is -0.207 e. The van der Waals surface area contributed by atoms with Crippen LogP contribution in [0.25, 0.3) is 0 Å². The molecule has 0 saturated carbocycles. The maximum Gasteiger partial charge on any atom is 0.243 e. The third kappa shape index (κ3) is 3.30. The fraction of sp³-hybridized carbons (Fsp3) is 0.474. The lowest BCUT2D eigenvalue weighted by molar-refractivity contribution is 0.471. The average Bonchev–Trinajstić information content (AvgIpc) is 2.81. The zero-order valence-electron chi connectivity index (χ0n) is 15.0. The number of fused-ring (bicyclic) bond motifs is 1. The SMILES string of the molecule is Cc1ccc(S(=O)(=O)N2CC3=C([Si](C)(C)C)CCC=CC3C2)cc1. The van der Waals surface area contributed by atoms with Crippen molar-refractivity contribution >= 4 is 18.1 Å². The Morgan fingerprint density at radius 1 is 1.12 bits per heavy atom. The topological polar surface area (TPSA) is 37.4 Å². The van der Waals surface area contributed by atoms with Gasteiger partial charge in [0.2, 0.25) is 10.0 Å². The first-order valence-electron chi connectivity index (χ1n) is 8.65. The Bertz CT molecular complexity index is 786. The lowest BCUT2D eigenvalue weighted by Gasteiger charge is -2.24. The summed E-state index contributed by atoms with van der Waals surface area (Å²) in [6.07, 6.45) is 6.65. The molecule has 0 bridgehead atoms. The second-order valence-corrected chi connectivity index (χ2v) is 15.0. The van der Waals surface area contributed by atoms with Gasteiger partial charge in [0.25, 0.3) is 0 Å². The number of hydrogen-bond donors (Lipinski definition) is 0. The molecule has 1 aromatic carbocycles. The van der Waals surface area contributed by atoms with E-state index < -0.39 is 18.1 Å². The Balaban J connectivity index is 1.97. The maximum absolute atomic E-state index is 13.0. The number of aryl methyl sites for hydroxylation is 1. The summed E-state index contributed by atoms with van der Waals surface area (Å²) in [5.74, 6) is 0.259. The first-order chi connectivity index (χ1) is 11.2. The summed E-state index contributed by atoms with van der Waals surface area (Å²) in [6, 6.07) is 7.19. The van der Waals surface area contributed by atoms with Crippen LogP contribution in [0.5, 0.6) is 0 Å². The lowest BCUT2D eigenvalue weighted by Crippen LogP contribution is -2.30. The molecule has 5 heteroatoms. The van der Waals surface area contributed by atoms with Gasteiger partial charge in [-0.1, -0.05) is 60.3 Å².